The Labute approximate surface area is 342 Å². The Kier molecular flexibility index (Phi) is 36.4. The fourth-order valence-electron chi connectivity index (χ4n) is 6.98. The van der Waals surface area contributed by atoms with Crippen LogP contribution in [-0.2, 0) is 23.7 Å². The molecule has 0 aromatic rings. The molecule has 1 aliphatic heterocycles. The van der Waals surface area contributed by atoms with Gasteiger partial charge < -0.3 is 39.4 Å². The Balaban J connectivity index is 2.24. The van der Waals surface area contributed by atoms with Gasteiger partial charge in [0.1, 0.15) is 30.5 Å². The van der Waals surface area contributed by atoms with Gasteiger partial charge in [-0.3, -0.25) is 4.79 Å². The van der Waals surface area contributed by atoms with Crippen LogP contribution in [0.25, 0.3) is 0 Å². The molecule has 4 N–H and O–H groups in total. The zero-order valence-corrected chi connectivity index (χ0v) is 35.9. The van der Waals surface area contributed by atoms with E-state index < -0.39 is 43.4 Å². The van der Waals surface area contributed by atoms with E-state index in [1.807, 2.05) is 0 Å². The number of hydrogen-bond donors (Lipinski definition) is 4. The monoisotopic (exact) mass is 795 g/mol. The number of hydrogen-bond acceptors (Lipinski definition) is 9. The van der Waals surface area contributed by atoms with E-state index in [0.29, 0.717) is 13.0 Å². The first-order valence-corrected chi connectivity index (χ1v) is 23.1. The highest BCUT2D eigenvalue weighted by Gasteiger charge is 2.44. The van der Waals surface area contributed by atoms with Crippen molar-refractivity contribution in [3.63, 3.8) is 0 Å². The molecule has 0 aliphatic carbocycles. The predicted molar refractivity (Wildman–Crippen MR) is 228 cm³/mol. The molecule has 1 heterocycles. The minimum Gasteiger partial charge on any atom is -0.457 e. The van der Waals surface area contributed by atoms with Crippen LogP contribution < -0.4 is 0 Å². The minimum atomic E-state index is -1.54. The number of carbonyl (C=O) groups excluding carboxylic acids is 1. The molecule has 0 spiro atoms. The number of ether oxygens (including phenoxy) is 4. The fraction of sp³-hybridized carbons (Fsp3) is 0.851. The quantitative estimate of drug-likeness (QED) is 0.0272. The number of rotatable bonds is 39. The Bertz CT molecular complexity index is 952. The van der Waals surface area contributed by atoms with Gasteiger partial charge in [0.2, 0.25) is 0 Å². The zero-order chi connectivity index (χ0) is 40.7. The van der Waals surface area contributed by atoms with Crippen molar-refractivity contribution in [2.24, 2.45) is 0 Å². The molecule has 0 aromatic heterocycles. The second-order valence-electron chi connectivity index (χ2n) is 15.8. The smallest absolute Gasteiger partial charge is 0.306 e. The van der Waals surface area contributed by atoms with E-state index in [-0.39, 0.29) is 19.2 Å². The van der Waals surface area contributed by atoms with Crippen molar-refractivity contribution in [2.45, 2.75) is 230 Å². The van der Waals surface area contributed by atoms with Crippen LogP contribution in [-0.4, -0.2) is 89.6 Å². The highest BCUT2D eigenvalue weighted by Crippen LogP contribution is 2.23. The number of aliphatic hydroxyl groups is 4. The molecular weight excluding hydrogens is 709 g/mol. The lowest BCUT2D eigenvalue weighted by Crippen LogP contribution is -2.59. The molecule has 6 unspecified atom stereocenters. The van der Waals surface area contributed by atoms with E-state index in [9.17, 15) is 25.2 Å². The van der Waals surface area contributed by atoms with Crippen LogP contribution in [0.2, 0.25) is 0 Å². The molecule has 1 saturated heterocycles. The van der Waals surface area contributed by atoms with Gasteiger partial charge in [-0.05, 0) is 44.9 Å². The number of aliphatic hydroxyl groups excluding tert-OH is 4. The van der Waals surface area contributed by atoms with Crippen molar-refractivity contribution in [1.82, 2.24) is 0 Å². The Morgan fingerprint density at radius 1 is 0.589 bits per heavy atom. The topological polar surface area (TPSA) is 135 Å². The van der Waals surface area contributed by atoms with Crippen LogP contribution in [0, 0.1) is 0 Å². The van der Waals surface area contributed by atoms with Gasteiger partial charge in [0.05, 0.1) is 19.8 Å². The summed E-state index contributed by atoms with van der Waals surface area (Å²) < 4.78 is 22.8. The van der Waals surface area contributed by atoms with E-state index in [1.165, 1.54) is 103 Å². The van der Waals surface area contributed by atoms with Crippen LogP contribution in [0.15, 0.2) is 36.5 Å². The highest BCUT2D eigenvalue weighted by molar-refractivity contribution is 5.69. The summed E-state index contributed by atoms with van der Waals surface area (Å²) >= 11 is 0. The Morgan fingerprint density at radius 2 is 1.09 bits per heavy atom. The molecular formula is C47H86O9. The fourth-order valence-corrected chi connectivity index (χ4v) is 6.98. The first-order valence-electron chi connectivity index (χ1n) is 23.1. The summed E-state index contributed by atoms with van der Waals surface area (Å²) in [7, 11) is 0. The van der Waals surface area contributed by atoms with Crippen LogP contribution in [0.1, 0.15) is 194 Å². The van der Waals surface area contributed by atoms with Gasteiger partial charge in [0.15, 0.2) is 6.29 Å². The Hall–Kier alpha value is -1.59. The molecule has 0 bridgehead atoms. The molecule has 0 aromatic carbocycles. The average molecular weight is 795 g/mol. The summed E-state index contributed by atoms with van der Waals surface area (Å²) in [5.41, 5.74) is 0. The SMILES string of the molecule is CC/C=C\C/C=C\C/C=C\CCCCCCOCC(COC1OC(CO)C(O)C(O)C1O)OC(=O)CCCCCCCCCCCCCCCCCCCCC. The third kappa shape index (κ3) is 29.6. The van der Waals surface area contributed by atoms with Crippen molar-refractivity contribution < 1.29 is 44.2 Å². The van der Waals surface area contributed by atoms with Gasteiger partial charge in [-0.25, -0.2) is 0 Å². The second-order valence-corrected chi connectivity index (χ2v) is 15.8. The molecule has 328 valence electrons. The summed E-state index contributed by atoms with van der Waals surface area (Å²) in [6, 6.07) is 0. The predicted octanol–water partition coefficient (Wildman–Crippen LogP) is 10.4. The maximum atomic E-state index is 12.8. The molecule has 56 heavy (non-hydrogen) atoms. The summed E-state index contributed by atoms with van der Waals surface area (Å²) in [6.45, 7) is 4.41. The summed E-state index contributed by atoms with van der Waals surface area (Å²) in [5, 5.41) is 40.1. The van der Waals surface area contributed by atoms with E-state index in [0.717, 1.165) is 70.6 Å². The van der Waals surface area contributed by atoms with Crippen LogP contribution >= 0.6 is 0 Å². The number of unbranched alkanes of at least 4 members (excludes halogenated alkanes) is 22. The summed E-state index contributed by atoms with van der Waals surface area (Å²) in [5.74, 6) is -0.320. The van der Waals surface area contributed by atoms with Crippen molar-refractivity contribution in [3.8, 4) is 0 Å². The lowest BCUT2D eigenvalue weighted by molar-refractivity contribution is -0.305. The third-order valence-corrected chi connectivity index (χ3v) is 10.6. The number of allylic oxidation sites excluding steroid dienone is 6. The molecule has 1 rings (SSSR count). The van der Waals surface area contributed by atoms with Gasteiger partial charge >= 0.3 is 5.97 Å². The standard InChI is InChI=1S/C47H86O9/c1-3-5-7-9-11-13-15-17-19-20-21-22-23-24-26-28-30-32-34-36-43(49)55-41(40-54-47-46(52)45(51)44(50)42(38-48)56-47)39-53-37-35-33-31-29-27-25-18-16-14-12-10-8-6-4-2/h6,8,12,14,18,25,41-42,44-48,50-52H,3-5,7,9-11,13,15-17,19-24,26-40H2,1-2H3/b8-6-,14-12-,25-18-. The van der Waals surface area contributed by atoms with Crippen LogP contribution in [0.4, 0.5) is 0 Å². The zero-order valence-electron chi connectivity index (χ0n) is 35.9. The van der Waals surface area contributed by atoms with E-state index in [2.05, 4.69) is 50.3 Å². The van der Waals surface area contributed by atoms with E-state index in [4.69, 9.17) is 18.9 Å². The molecule has 9 nitrogen and oxygen atoms in total. The van der Waals surface area contributed by atoms with Gasteiger partial charge in [0.25, 0.3) is 0 Å². The normalized spacial score (nSPS) is 20.9. The van der Waals surface area contributed by atoms with Gasteiger partial charge in [-0.1, -0.05) is 179 Å². The van der Waals surface area contributed by atoms with Crippen molar-refractivity contribution in [3.05, 3.63) is 36.5 Å². The van der Waals surface area contributed by atoms with Crippen molar-refractivity contribution in [2.75, 3.05) is 26.4 Å². The van der Waals surface area contributed by atoms with Crippen molar-refractivity contribution >= 4 is 5.97 Å². The molecule has 0 radical (unpaired) electrons. The average Bonchev–Trinajstić information content (AvgIpc) is 3.20. The van der Waals surface area contributed by atoms with E-state index >= 15 is 0 Å². The lowest BCUT2D eigenvalue weighted by Gasteiger charge is -2.39. The first-order chi connectivity index (χ1) is 27.4. The minimum absolute atomic E-state index is 0.120. The van der Waals surface area contributed by atoms with Crippen LogP contribution in [0.5, 0.6) is 0 Å². The molecule has 0 saturated carbocycles. The third-order valence-electron chi connectivity index (χ3n) is 10.6. The molecule has 9 heteroatoms. The lowest BCUT2D eigenvalue weighted by atomic mass is 9.99. The summed E-state index contributed by atoms with van der Waals surface area (Å²) in [6.07, 6.45) is 38.9. The molecule has 0 amide bonds. The van der Waals surface area contributed by atoms with Crippen molar-refractivity contribution in [1.29, 1.82) is 0 Å². The number of carbonyl (C=O) groups is 1. The first kappa shape index (κ1) is 52.4. The van der Waals surface area contributed by atoms with E-state index in [1.54, 1.807) is 0 Å². The Morgan fingerprint density at radius 3 is 1.64 bits per heavy atom. The van der Waals surface area contributed by atoms with Gasteiger partial charge in [-0.2, -0.15) is 0 Å². The second kappa shape index (κ2) is 38.9. The number of esters is 1. The van der Waals surface area contributed by atoms with Crippen LogP contribution in [0.3, 0.4) is 0 Å². The highest BCUT2D eigenvalue weighted by atomic mass is 16.7. The van der Waals surface area contributed by atoms with Gasteiger partial charge in [-0.15, -0.1) is 0 Å². The maximum Gasteiger partial charge on any atom is 0.306 e. The maximum absolute atomic E-state index is 12.8. The molecule has 1 fully saturated rings. The molecule has 6 atom stereocenters. The molecule has 1 aliphatic rings. The summed E-state index contributed by atoms with van der Waals surface area (Å²) in [4.78, 5) is 12.8. The van der Waals surface area contributed by atoms with Gasteiger partial charge in [0, 0.05) is 13.0 Å². The largest absolute Gasteiger partial charge is 0.457 e.